The van der Waals surface area contributed by atoms with Crippen molar-refractivity contribution in [2.75, 3.05) is 0 Å². The number of rotatable bonds is 2. The first-order chi connectivity index (χ1) is 6.79. The standard InChI is InChI=1S/C9H9F4NO.ClH/c1-5(14)6-2-3-8(7(10)4-6)15-9(11,12)13;/h2-5H,14H2,1H3;1H/t5-;/m0./s1. The fourth-order valence-electron chi connectivity index (χ4n) is 1.01. The minimum atomic E-state index is -4.89. The summed E-state index contributed by atoms with van der Waals surface area (Å²) in [5.41, 5.74) is 5.83. The number of ether oxygens (including phenoxy) is 1. The van der Waals surface area contributed by atoms with E-state index in [0.717, 1.165) is 12.1 Å². The Hall–Kier alpha value is -1.01. The van der Waals surface area contributed by atoms with Crippen LogP contribution in [0.25, 0.3) is 0 Å². The zero-order chi connectivity index (χ0) is 11.6. The third-order valence-electron chi connectivity index (χ3n) is 1.71. The van der Waals surface area contributed by atoms with E-state index in [2.05, 4.69) is 4.74 Å². The number of hydrogen-bond donors (Lipinski definition) is 1. The molecule has 0 fully saturated rings. The average Bonchev–Trinajstić information content (AvgIpc) is 2.05. The molecule has 92 valence electrons. The Balaban J connectivity index is 0.00000225. The molecule has 0 unspecified atom stereocenters. The summed E-state index contributed by atoms with van der Waals surface area (Å²) in [6.07, 6.45) is -4.89. The lowest BCUT2D eigenvalue weighted by Gasteiger charge is -2.11. The van der Waals surface area contributed by atoms with E-state index >= 15 is 0 Å². The van der Waals surface area contributed by atoms with E-state index in [4.69, 9.17) is 5.73 Å². The van der Waals surface area contributed by atoms with E-state index < -0.39 is 24.0 Å². The Kier molecular flexibility index (Phi) is 5.02. The van der Waals surface area contributed by atoms with Crippen molar-refractivity contribution in [2.24, 2.45) is 5.73 Å². The lowest BCUT2D eigenvalue weighted by Crippen LogP contribution is -2.18. The molecule has 7 heteroatoms. The second-order valence-electron chi connectivity index (χ2n) is 3.03. The molecule has 16 heavy (non-hydrogen) atoms. The van der Waals surface area contributed by atoms with Crippen molar-refractivity contribution in [3.8, 4) is 5.75 Å². The summed E-state index contributed by atoms with van der Waals surface area (Å²) in [5, 5.41) is 0. The van der Waals surface area contributed by atoms with Gasteiger partial charge in [0.25, 0.3) is 0 Å². The first-order valence-electron chi connectivity index (χ1n) is 4.10. The second-order valence-corrected chi connectivity index (χ2v) is 3.03. The van der Waals surface area contributed by atoms with Crippen LogP contribution < -0.4 is 10.5 Å². The number of hydrogen-bond acceptors (Lipinski definition) is 2. The van der Waals surface area contributed by atoms with Crippen LogP contribution in [-0.2, 0) is 0 Å². The maximum absolute atomic E-state index is 13.1. The quantitative estimate of drug-likeness (QED) is 0.828. The Morgan fingerprint density at radius 1 is 1.31 bits per heavy atom. The highest BCUT2D eigenvalue weighted by Gasteiger charge is 2.32. The van der Waals surface area contributed by atoms with Gasteiger partial charge in [0.05, 0.1) is 0 Å². The smallest absolute Gasteiger partial charge is 0.403 e. The number of benzene rings is 1. The highest BCUT2D eigenvalue weighted by atomic mass is 35.5. The van der Waals surface area contributed by atoms with Gasteiger partial charge in [0.2, 0.25) is 0 Å². The molecular formula is C9H10ClF4NO. The molecule has 1 aromatic carbocycles. The predicted molar refractivity (Wildman–Crippen MR) is 52.9 cm³/mol. The summed E-state index contributed by atoms with van der Waals surface area (Å²) in [6.45, 7) is 1.60. The van der Waals surface area contributed by atoms with E-state index in [1.165, 1.54) is 6.07 Å². The lowest BCUT2D eigenvalue weighted by molar-refractivity contribution is -0.275. The van der Waals surface area contributed by atoms with Crippen LogP contribution in [0, 0.1) is 5.82 Å². The van der Waals surface area contributed by atoms with Gasteiger partial charge in [-0.3, -0.25) is 0 Å². The summed E-state index contributed by atoms with van der Waals surface area (Å²) in [6, 6.07) is 2.67. The fourth-order valence-corrected chi connectivity index (χ4v) is 1.01. The van der Waals surface area contributed by atoms with Gasteiger partial charge in [0.15, 0.2) is 11.6 Å². The molecule has 2 nitrogen and oxygen atoms in total. The molecule has 0 heterocycles. The van der Waals surface area contributed by atoms with Crippen molar-refractivity contribution in [1.29, 1.82) is 0 Å². The van der Waals surface area contributed by atoms with Crippen LogP contribution in [0.4, 0.5) is 17.6 Å². The highest BCUT2D eigenvalue weighted by molar-refractivity contribution is 5.85. The van der Waals surface area contributed by atoms with Crippen LogP contribution in [0.2, 0.25) is 0 Å². The van der Waals surface area contributed by atoms with Crippen molar-refractivity contribution in [3.63, 3.8) is 0 Å². The van der Waals surface area contributed by atoms with Gasteiger partial charge >= 0.3 is 6.36 Å². The number of alkyl halides is 3. The topological polar surface area (TPSA) is 35.2 Å². The summed E-state index contributed by atoms with van der Waals surface area (Å²) in [5.74, 6) is -1.94. The van der Waals surface area contributed by atoms with Gasteiger partial charge in [-0.2, -0.15) is 0 Å². The first-order valence-corrected chi connectivity index (χ1v) is 4.10. The van der Waals surface area contributed by atoms with Gasteiger partial charge in [-0.05, 0) is 24.6 Å². The molecule has 0 saturated carbocycles. The van der Waals surface area contributed by atoms with Gasteiger partial charge in [0.1, 0.15) is 0 Å². The van der Waals surface area contributed by atoms with Crippen molar-refractivity contribution >= 4 is 12.4 Å². The molecule has 2 N–H and O–H groups in total. The minimum absolute atomic E-state index is 0. The predicted octanol–water partition coefficient (Wildman–Crippen LogP) is 3.17. The Bertz CT molecular complexity index is 354. The van der Waals surface area contributed by atoms with Crippen molar-refractivity contribution in [3.05, 3.63) is 29.6 Å². The van der Waals surface area contributed by atoms with Gasteiger partial charge in [0, 0.05) is 6.04 Å². The molecule has 0 aromatic heterocycles. The average molecular weight is 260 g/mol. The maximum atomic E-state index is 13.1. The molecule has 1 atom stereocenters. The van der Waals surface area contributed by atoms with Gasteiger partial charge < -0.3 is 10.5 Å². The molecule has 0 saturated heterocycles. The van der Waals surface area contributed by atoms with Crippen LogP contribution in [0.5, 0.6) is 5.75 Å². The molecule has 0 bridgehead atoms. The van der Waals surface area contributed by atoms with Crippen LogP contribution in [-0.4, -0.2) is 6.36 Å². The van der Waals surface area contributed by atoms with Crippen molar-refractivity contribution in [2.45, 2.75) is 19.3 Å². The van der Waals surface area contributed by atoms with Gasteiger partial charge in [-0.25, -0.2) is 4.39 Å². The summed E-state index contributed by atoms with van der Waals surface area (Å²) >= 11 is 0. The summed E-state index contributed by atoms with van der Waals surface area (Å²) in [7, 11) is 0. The molecule has 1 aromatic rings. The monoisotopic (exact) mass is 259 g/mol. The Morgan fingerprint density at radius 3 is 2.25 bits per heavy atom. The second kappa shape index (κ2) is 5.36. The largest absolute Gasteiger partial charge is 0.573 e. The zero-order valence-corrected chi connectivity index (χ0v) is 9.03. The van der Waals surface area contributed by atoms with E-state index in [1.54, 1.807) is 6.92 Å². The maximum Gasteiger partial charge on any atom is 0.573 e. The van der Waals surface area contributed by atoms with Gasteiger partial charge in [-0.1, -0.05) is 6.07 Å². The Morgan fingerprint density at radius 2 is 1.88 bits per heavy atom. The van der Waals surface area contributed by atoms with E-state index in [9.17, 15) is 17.6 Å². The summed E-state index contributed by atoms with van der Waals surface area (Å²) in [4.78, 5) is 0. The Labute approximate surface area is 95.8 Å². The molecule has 0 aliphatic carbocycles. The van der Waals surface area contributed by atoms with Crippen LogP contribution in [0.15, 0.2) is 18.2 Å². The third kappa shape index (κ3) is 4.24. The van der Waals surface area contributed by atoms with E-state index in [1.807, 2.05) is 0 Å². The lowest BCUT2D eigenvalue weighted by atomic mass is 10.1. The third-order valence-corrected chi connectivity index (χ3v) is 1.71. The molecule has 0 amide bonds. The van der Waals surface area contributed by atoms with E-state index in [0.29, 0.717) is 5.56 Å². The first kappa shape index (κ1) is 15.0. The van der Waals surface area contributed by atoms with Crippen LogP contribution in [0.1, 0.15) is 18.5 Å². The molecule has 0 spiro atoms. The fraction of sp³-hybridized carbons (Fsp3) is 0.333. The zero-order valence-electron chi connectivity index (χ0n) is 8.22. The molecule has 1 rings (SSSR count). The normalized spacial score (nSPS) is 12.9. The SMILES string of the molecule is C[C@H](N)c1ccc(OC(F)(F)F)c(F)c1.Cl. The molecule has 0 aliphatic heterocycles. The van der Waals surface area contributed by atoms with Gasteiger partial charge in [-0.15, -0.1) is 25.6 Å². The molecule has 0 radical (unpaired) electrons. The number of nitrogens with two attached hydrogens (primary N) is 1. The van der Waals surface area contributed by atoms with Crippen molar-refractivity contribution in [1.82, 2.24) is 0 Å². The summed E-state index contributed by atoms with van der Waals surface area (Å²) < 4.78 is 51.8. The van der Waals surface area contributed by atoms with Crippen LogP contribution in [0.3, 0.4) is 0 Å². The molecule has 0 aliphatic rings. The minimum Gasteiger partial charge on any atom is -0.403 e. The van der Waals surface area contributed by atoms with E-state index in [-0.39, 0.29) is 12.4 Å². The van der Waals surface area contributed by atoms with Crippen molar-refractivity contribution < 1.29 is 22.3 Å². The highest BCUT2D eigenvalue weighted by Crippen LogP contribution is 2.27. The molecular weight excluding hydrogens is 250 g/mol. The van der Waals surface area contributed by atoms with Crippen LogP contribution >= 0.6 is 12.4 Å². The number of halogens is 5.